The molecule has 1 amide bonds. The zero-order valence-corrected chi connectivity index (χ0v) is 26.7. The molecule has 1 saturated heterocycles. The lowest BCUT2D eigenvalue weighted by molar-refractivity contribution is -0.200. The van der Waals surface area contributed by atoms with Gasteiger partial charge in [-0.2, -0.15) is 0 Å². The van der Waals surface area contributed by atoms with E-state index >= 15 is 0 Å². The van der Waals surface area contributed by atoms with E-state index in [1.165, 1.54) is 16.7 Å². The SMILES string of the molecule is COc1ccc(CO[C@@H]2[C@H]3N=C(N(CCOCc4ccccc4)C(=O)O)S[C@H]3O[C@H](CCO)[C@@H]2OCc2ccc(OC)cc2)cc1. The van der Waals surface area contributed by atoms with Crippen LogP contribution in [0.5, 0.6) is 11.5 Å². The molecule has 2 aliphatic rings. The number of thioether (sulfide) groups is 1. The first-order valence-electron chi connectivity index (χ1n) is 15.1. The van der Waals surface area contributed by atoms with Crippen molar-refractivity contribution in [3.05, 3.63) is 95.6 Å². The molecule has 0 saturated carbocycles. The molecule has 2 heterocycles. The summed E-state index contributed by atoms with van der Waals surface area (Å²) < 4.78 is 35.8. The monoisotopic (exact) mass is 652 g/mol. The number of nitrogens with zero attached hydrogens (tertiary/aromatic N) is 2. The molecule has 2 aliphatic heterocycles. The maximum absolute atomic E-state index is 12.4. The number of aliphatic hydroxyl groups is 1. The van der Waals surface area contributed by atoms with Gasteiger partial charge < -0.3 is 38.6 Å². The van der Waals surface area contributed by atoms with Crippen LogP contribution < -0.4 is 9.47 Å². The average Bonchev–Trinajstić information content (AvgIpc) is 3.50. The third kappa shape index (κ3) is 8.78. The molecule has 0 aromatic heterocycles. The number of methoxy groups -OCH3 is 2. The number of carboxylic acid groups (broad SMARTS) is 1. The van der Waals surface area contributed by atoms with Crippen LogP contribution in [0.2, 0.25) is 0 Å². The van der Waals surface area contributed by atoms with Crippen LogP contribution in [0.1, 0.15) is 23.1 Å². The second-order valence-electron chi connectivity index (χ2n) is 10.8. The number of fused-ring (bicyclic) bond motifs is 1. The summed E-state index contributed by atoms with van der Waals surface area (Å²) in [5.41, 5.74) is 2.33. The van der Waals surface area contributed by atoms with Gasteiger partial charge in [0.1, 0.15) is 35.2 Å². The van der Waals surface area contributed by atoms with Crippen LogP contribution in [-0.4, -0.2) is 90.1 Å². The lowest BCUT2D eigenvalue weighted by Crippen LogP contribution is -2.57. The van der Waals surface area contributed by atoms with Gasteiger partial charge in [0.05, 0.1) is 53.3 Å². The van der Waals surface area contributed by atoms with E-state index < -0.39 is 35.9 Å². The Balaban J connectivity index is 1.34. The molecule has 0 bridgehead atoms. The zero-order valence-electron chi connectivity index (χ0n) is 25.9. The van der Waals surface area contributed by atoms with E-state index in [1.54, 1.807) is 14.2 Å². The molecule has 3 aromatic carbocycles. The number of aliphatic hydroxyl groups excluding tert-OH is 1. The van der Waals surface area contributed by atoms with Gasteiger partial charge in [-0.3, -0.25) is 9.89 Å². The van der Waals surface area contributed by atoms with Crippen LogP contribution in [-0.2, 0) is 38.8 Å². The van der Waals surface area contributed by atoms with Crippen LogP contribution in [0.4, 0.5) is 4.79 Å². The summed E-state index contributed by atoms with van der Waals surface area (Å²) in [5, 5.41) is 20.4. The quantitative estimate of drug-likeness (QED) is 0.218. The Hall–Kier alpha value is -3.65. The number of carbonyl (C=O) groups is 1. The van der Waals surface area contributed by atoms with Crippen LogP contribution in [0.3, 0.4) is 0 Å². The summed E-state index contributed by atoms with van der Waals surface area (Å²) in [6.07, 6.45) is -2.52. The van der Waals surface area contributed by atoms with E-state index in [0.717, 1.165) is 28.2 Å². The lowest BCUT2D eigenvalue weighted by atomic mass is 9.95. The molecule has 5 atom stereocenters. The summed E-state index contributed by atoms with van der Waals surface area (Å²) in [4.78, 5) is 18.4. The van der Waals surface area contributed by atoms with Crippen LogP contribution >= 0.6 is 11.8 Å². The van der Waals surface area contributed by atoms with Gasteiger partial charge in [-0.15, -0.1) is 0 Å². The second-order valence-corrected chi connectivity index (χ2v) is 11.9. The van der Waals surface area contributed by atoms with Gasteiger partial charge in [0.25, 0.3) is 0 Å². The fraction of sp³-hybridized carbons (Fsp3) is 0.412. The van der Waals surface area contributed by atoms with E-state index in [2.05, 4.69) is 0 Å². The average molecular weight is 653 g/mol. The van der Waals surface area contributed by atoms with E-state index in [-0.39, 0.29) is 33.0 Å². The number of hydrogen-bond donors (Lipinski definition) is 2. The molecule has 12 heteroatoms. The molecule has 2 N–H and O–H groups in total. The largest absolute Gasteiger partial charge is 0.497 e. The molecule has 0 unspecified atom stereocenters. The summed E-state index contributed by atoms with van der Waals surface area (Å²) >= 11 is 1.24. The van der Waals surface area contributed by atoms with Crippen molar-refractivity contribution in [2.75, 3.05) is 34.0 Å². The number of aliphatic imine (C=N–C) groups is 1. The molecule has 0 aliphatic carbocycles. The number of hydrogen-bond acceptors (Lipinski definition) is 10. The van der Waals surface area contributed by atoms with Crippen molar-refractivity contribution in [3.8, 4) is 11.5 Å². The first-order valence-corrected chi connectivity index (χ1v) is 16.0. The lowest BCUT2D eigenvalue weighted by Gasteiger charge is -2.42. The number of ether oxygens (including phenoxy) is 6. The molecule has 11 nitrogen and oxygen atoms in total. The van der Waals surface area contributed by atoms with E-state index in [1.807, 2.05) is 78.9 Å². The Labute approximate surface area is 273 Å². The molecule has 3 aromatic rings. The summed E-state index contributed by atoms with van der Waals surface area (Å²) in [6, 6.07) is 24.3. The van der Waals surface area contributed by atoms with Crippen molar-refractivity contribution < 1.29 is 43.4 Å². The Morgan fingerprint density at radius 2 is 1.43 bits per heavy atom. The van der Waals surface area contributed by atoms with Gasteiger partial charge in [0, 0.05) is 6.61 Å². The Morgan fingerprint density at radius 3 is 2.00 bits per heavy atom. The van der Waals surface area contributed by atoms with Gasteiger partial charge in [-0.25, -0.2) is 4.79 Å². The van der Waals surface area contributed by atoms with E-state index in [4.69, 9.17) is 33.4 Å². The first-order chi connectivity index (χ1) is 22.5. The van der Waals surface area contributed by atoms with Crippen LogP contribution in [0.15, 0.2) is 83.9 Å². The first kappa shape index (κ1) is 33.7. The maximum Gasteiger partial charge on any atom is 0.413 e. The van der Waals surface area contributed by atoms with Gasteiger partial charge in [0.2, 0.25) is 0 Å². The number of benzene rings is 3. The van der Waals surface area contributed by atoms with Gasteiger partial charge in [-0.1, -0.05) is 66.4 Å². The highest BCUT2D eigenvalue weighted by molar-refractivity contribution is 8.14. The normalized spacial score (nSPS) is 22.2. The minimum Gasteiger partial charge on any atom is -0.497 e. The number of rotatable bonds is 15. The fourth-order valence-corrected chi connectivity index (χ4v) is 6.54. The van der Waals surface area contributed by atoms with Crippen LogP contribution in [0, 0.1) is 0 Å². The van der Waals surface area contributed by atoms with Crippen LogP contribution in [0.25, 0.3) is 0 Å². The molecule has 1 fully saturated rings. The van der Waals surface area contributed by atoms with Gasteiger partial charge in [0.15, 0.2) is 5.17 Å². The molecule has 0 radical (unpaired) electrons. The fourth-order valence-electron chi connectivity index (χ4n) is 5.29. The predicted molar refractivity (Wildman–Crippen MR) is 173 cm³/mol. The maximum atomic E-state index is 12.4. The highest BCUT2D eigenvalue weighted by atomic mass is 32.2. The predicted octanol–water partition coefficient (Wildman–Crippen LogP) is 4.95. The standard InChI is InChI=1S/C34H40N2O9S/c1-40-26-12-8-24(9-13-26)21-43-30-28(16-18-37)45-32-29(31(30)44-22-25-10-14-27(41-2)15-11-25)35-33(46-32)36(34(38)39)17-19-42-20-23-6-4-3-5-7-23/h3-15,28-32,37H,16-22H2,1-2H3,(H,38,39)/t28-,29-,30+,31-,32-/m1/s1. The van der Waals surface area contributed by atoms with Crippen molar-refractivity contribution in [3.63, 3.8) is 0 Å². The molecule has 0 spiro atoms. The molecular weight excluding hydrogens is 612 g/mol. The zero-order chi connectivity index (χ0) is 32.3. The molecule has 5 rings (SSSR count). The Bertz CT molecular complexity index is 1410. The van der Waals surface area contributed by atoms with E-state index in [9.17, 15) is 15.0 Å². The summed E-state index contributed by atoms with van der Waals surface area (Å²) in [6.45, 7) is 1.08. The van der Waals surface area contributed by atoms with Crippen molar-refractivity contribution in [1.82, 2.24) is 4.90 Å². The van der Waals surface area contributed by atoms with Crippen molar-refractivity contribution in [2.45, 2.75) is 56.0 Å². The minimum atomic E-state index is -1.14. The van der Waals surface area contributed by atoms with Gasteiger partial charge >= 0.3 is 6.09 Å². The number of amides is 1. The third-order valence-electron chi connectivity index (χ3n) is 7.74. The van der Waals surface area contributed by atoms with Gasteiger partial charge in [-0.05, 0) is 47.4 Å². The second kappa shape index (κ2) is 16.8. The molecular formula is C34H40N2O9S. The minimum absolute atomic E-state index is 0.0995. The smallest absolute Gasteiger partial charge is 0.413 e. The molecule has 46 heavy (non-hydrogen) atoms. The Kier molecular flexibility index (Phi) is 12.3. The highest BCUT2D eigenvalue weighted by Gasteiger charge is 2.51. The summed E-state index contributed by atoms with van der Waals surface area (Å²) in [5.74, 6) is 1.48. The highest BCUT2D eigenvalue weighted by Crippen LogP contribution is 2.41. The third-order valence-corrected chi connectivity index (χ3v) is 8.90. The topological polar surface area (TPSA) is 129 Å². The van der Waals surface area contributed by atoms with Crippen molar-refractivity contribution in [1.29, 1.82) is 0 Å². The molecule has 246 valence electrons. The Morgan fingerprint density at radius 1 is 0.848 bits per heavy atom. The summed E-state index contributed by atoms with van der Waals surface area (Å²) in [7, 11) is 3.23. The van der Waals surface area contributed by atoms with E-state index in [0.29, 0.717) is 18.2 Å². The van der Waals surface area contributed by atoms with Crippen molar-refractivity contribution >= 4 is 23.0 Å². The van der Waals surface area contributed by atoms with Crippen molar-refractivity contribution in [2.24, 2.45) is 4.99 Å². The number of amidine groups is 1.